The highest BCUT2D eigenvalue weighted by Gasteiger charge is 2.21. The van der Waals surface area contributed by atoms with E-state index < -0.39 is 0 Å². The van der Waals surface area contributed by atoms with E-state index in [4.69, 9.17) is 4.98 Å². The summed E-state index contributed by atoms with van der Waals surface area (Å²) in [7, 11) is 0. The number of thiophene rings is 1. The first-order valence-corrected chi connectivity index (χ1v) is 14.7. The van der Waals surface area contributed by atoms with Crippen LogP contribution in [0.15, 0.2) is 35.0 Å². The Morgan fingerprint density at radius 1 is 1.03 bits per heavy atom. The highest BCUT2D eigenvalue weighted by molar-refractivity contribution is 7.08. The molecule has 1 aromatic carbocycles. The van der Waals surface area contributed by atoms with Gasteiger partial charge in [-0.1, -0.05) is 46.0 Å². The van der Waals surface area contributed by atoms with Crippen molar-refractivity contribution in [1.82, 2.24) is 14.5 Å². The van der Waals surface area contributed by atoms with Crippen LogP contribution < -0.4 is 5.32 Å². The second-order valence-corrected chi connectivity index (χ2v) is 10.8. The van der Waals surface area contributed by atoms with Crippen molar-refractivity contribution in [3.8, 4) is 0 Å². The number of unbranched alkanes of at least 4 members (excludes halogenated alkanes) is 2. The minimum absolute atomic E-state index is 0.131. The molecule has 1 fully saturated rings. The molecule has 0 unspecified atom stereocenters. The molecule has 5 nitrogen and oxygen atoms in total. The Kier molecular flexibility index (Phi) is 9.78. The maximum atomic E-state index is 13.5. The van der Waals surface area contributed by atoms with Gasteiger partial charge in [0.2, 0.25) is 5.95 Å². The number of anilines is 2. The Labute approximate surface area is 214 Å². The number of benzene rings is 1. The molecule has 0 bridgehead atoms. The van der Waals surface area contributed by atoms with Crippen LogP contribution in [0.4, 0.5) is 11.6 Å². The van der Waals surface area contributed by atoms with Gasteiger partial charge in [0, 0.05) is 23.4 Å². The number of nitrogens with one attached hydrogen (secondary N) is 1. The van der Waals surface area contributed by atoms with Crippen LogP contribution in [0.3, 0.4) is 0 Å². The van der Waals surface area contributed by atoms with E-state index in [1.165, 1.54) is 32.4 Å². The summed E-state index contributed by atoms with van der Waals surface area (Å²) < 4.78 is 2.29. The number of aromatic nitrogens is 2. The number of nitrogens with zero attached hydrogens (tertiary/aromatic N) is 3. The average molecular weight is 495 g/mol. The molecule has 0 radical (unpaired) electrons. The molecule has 3 heterocycles. The standard InChI is InChI=1S/C29H42N4OS/c1-3-5-11-23(12-6-4-2)28(34)24-13-14-26-27(21-24)33(19-10-18-32-16-8-7-9-17-32)29(31-26)30-25-15-20-35-22-25/h13-15,20-23H,3-12,16-19H2,1-2H3,(H,30,31). The Morgan fingerprint density at radius 2 is 1.80 bits per heavy atom. The summed E-state index contributed by atoms with van der Waals surface area (Å²) >= 11 is 1.68. The first-order valence-electron chi connectivity index (χ1n) is 13.8. The number of rotatable bonds is 14. The zero-order valence-corrected chi connectivity index (χ0v) is 22.4. The van der Waals surface area contributed by atoms with Gasteiger partial charge in [-0.25, -0.2) is 4.98 Å². The summed E-state index contributed by atoms with van der Waals surface area (Å²) in [4.78, 5) is 21.1. The zero-order chi connectivity index (χ0) is 24.5. The Morgan fingerprint density at radius 3 is 2.49 bits per heavy atom. The fraction of sp³-hybridized carbons (Fsp3) is 0.586. The number of hydrogen-bond donors (Lipinski definition) is 1. The van der Waals surface area contributed by atoms with Gasteiger partial charge < -0.3 is 14.8 Å². The summed E-state index contributed by atoms with van der Waals surface area (Å²) in [6.45, 7) is 8.87. The number of aryl methyl sites for hydroxylation is 1. The summed E-state index contributed by atoms with van der Waals surface area (Å²) in [6, 6.07) is 8.23. The Hall–Kier alpha value is -2.18. The van der Waals surface area contributed by atoms with Crippen LogP contribution in [0.1, 0.15) is 88.4 Å². The van der Waals surface area contributed by atoms with Gasteiger partial charge in [-0.3, -0.25) is 4.79 Å². The molecule has 0 amide bonds. The highest BCUT2D eigenvalue weighted by atomic mass is 32.1. The molecule has 3 aromatic rings. The molecular formula is C29H42N4OS. The van der Waals surface area contributed by atoms with Gasteiger partial charge >= 0.3 is 0 Å². The molecule has 0 aliphatic carbocycles. The number of Topliss-reactive ketones (excluding diaryl/α,β-unsaturated/α-hetero) is 1. The van der Waals surface area contributed by atoms with Crippen molar-refractivity contribution in [2.45, 2.75) is 84.6 Å². The quantitative estimate of drug-likeness (QED) is 0.231. The lowest BCUT2D eigenvalue weighted by Crippen LogP contribution is -2.31. The normalized spacial score (nSPS) is 14.7. The maximum Gasteiger partial charge on any atom is 0.208 e. The first-order chi connectivity index (χ1) is 17.2. The van der Waals surface area contributed by atoms with Crippen LogP contribution in [0.25, 0.3) is 11.0 Å². The van der Waals surface area contributed by atoms with Crippen LogP contribution in [0, 0.1) is 5.92 Å². The Bertz CT molecular complexity index is 1040. The third-order valence-corrected chi connectivity index (χ3v) is 7.98. The largest absolute Gasteiger partial charge is 0.325 e. The third-order valence-electron chi connectivity index (χ3n) is 7.30. The molecule has 0 spiro atoms. The highest BCUT2D eigenvalue weighted by Crippen LogP contribution is 2.28. The van der Waals surface area contributed by atoms with Crippen molar-refractivity contribution >= 4 is 39.8 Å². The van der Waals surface area contributed by atoms with Crippen LogP contribution in [0.5, 0.6) is 0 Å². The van der Waals surface area contributed by atoms with Gasteiger partial charge in [-0.15, -0.1) is 0 Å². The lowest BCUT2D eigenvalue weighted by molar-refractivity contribution is 0.0903. The van der Waals surface area contributed by atoms with Crippen molar-refractivity contribution in [2.75, 3.05) is 25.0 Å². The van der Waals surface area contributed by atoms with E-state index in [9.17, 15) is 4.79 Å². The SMILES string of the molecule is CCCCC(CCCC)C(=O)c1ccc2nc(Nc3ccsc3)n(CCCN3CCCCC3)c2c1. The number of hydrogen-bond acceptors (Lipinski definition) is 5. The van der Waals surface area contributed by atoms with E-state index >= 15 is 0 Å². The van der Waals surface area contributed by atoms with Gasteiger partial charge in [-0.2, -0.15) is 11.3 Å². The molecule has 190 valence electrons. The summed E-state index contributed by atoms with van der Waals surface area (Å²) in [5.74, 6) is 1.31. The number of carbonyl (C=O) groups is 1. The summed E-state index contributed by atoms with van der Waals surface area (Å²) in [5, 5.41) is 7.71. The fourth-order valence-electron chi connectivity index (χ4n) is 5.24. The van der Waals surface area contributed by atoms with E-state index in [1.807, 2.05) is 12.1 Å². The van der Waals surface area contributed by atoms with E-state index in [-0.39, 0.29) is 5.92 Å². The lowest BCUT2D eigenvalue weighted by Gasteiger charge is -2.26. The zero-order valence-electron chi connectivity index (χ0n) is 21.6. The second-order valence-electron chi connectivity index (χ2n) is 10.0. The van der Waals surface area contributed by atoms with E-state index in [0.717, 1.165) is 86.3 Å². The third kappa shape index (κ3) is 6.95. The average Bonchev–Trinajstić information content (AvgIpc) is 3.52. The number of imidazole rings is 1. The summed E-state index contributed by atoms with van der Waals surface area (Å²) in [5.41, 5.74) is 3.93. The molecule has 4 rings (SSSR count). The number of fused-ring (bicyclic) bond motifs is 1. The molecule has 1 saturated heterocycles. The smallest absolute Gasteiger partial charge is 0.208 e. The van der Waals surface area contributed by atoms with Crippen LogP contribution in [-0.2, 0) is 6.54 Å². The number of piperidine rings is 1. The topological polar surface area (TPSA) is 50.2 Å². The molecule has 0 saturated carbocycles. The number of ketones is 1. The number of carbonyl (C=O) groups excluding carboxylic acids is 1. The molecule has 2 aromatic heterocycles. The van der Waals surface area contributed by atoms with Crippen molar-refractivity contribution in [3.05, 3.63) is 40.6 Å². The monoisotopic (exact) mass is 494 g/mol. The predicted molar refractivity (Wildman–Crippen MR) is 149 cm³/mol. The van der Waals surface area contributed by atoms with Gasteiger partial charge in [0.1, 0.15) is 0 Å². The second kappa shape index (κ2) is 13.2. The van der Waals surface area contributed by atoms with Crippen molar-refractivity contribution in [1.29, 1.82) is 0 Å². The molecule has 0 atom stereocenters. The first kappa shape index (κ1) is 25.9. The Balaban J connectivity index is 1.58. The maximum absolute atomic E-state index is 13.5. The molecule has 1 aliphatic rings. The lowest BCUT2D eigenvalue weighted by atomic mass is 9.88. The van der Waals surface area contributed by atoms with Crippen LogP contribution in [-0.4, -0.2) is 39.9 Å². The van der Waals surface area contributed by atoms with E-state index in [1.54, 1.807) is 11.3 Å². The number of likely N-dealkylation sites (tertiary alicyclic amines) is 1. The van der Waals surface area contributed by atoms with Gasteiger partial charge in [-0.05, 0) is 81.4 Å². The molecule has 1 aliphatic heterocycles. The van der Waals surface area contributed by atoms with Gasteiger partial charge in [0.15, 0.2) is 5.78 Å². The minimum Gasteiger partial charge on any atom is -0.325 e. The van der Waals surface area contributed by atoms with E-state index in [2.05, 4.69) is 51.5 Å². The van der Waals surface area contributed by atoms with Crippen molar-refractivity contribution in [3.63, 3.8) is 0 Å². The fourth-order valence-corrected chi connectivity index (χ4v) is 5.83. The van der Waals surface area contributed by atoms with Gasteiger partial charge in [0.25, 0.3) is 0 Å². The van der Waals surface area contributed by atoms with Gasteiger partial charge in [0.05, 0.1) is 16.7 Å². The van der Waals surface area contributed by atoms with Crippen LogP contribution in [0.2, 0.25) is 0 Å². The molecule has 6 heteroatoms. The van der Waals surface area contributed by atoms with E-state index in [0.29, 0.717) is 5.78 Å². The minimum atomic E-state index is 0.131. The summed E-state index contributed by atoms with van der Waals surface area (Å²) in [6.07, 6.45) is 11.6. The van der Waals surface area contributed by atoms with Crippen molar-refractivity contribution < 1.29 is 4.79 Å². The molecule has 35 heavy (non-hydrogen) atoms. The van der Waals surface area contributed by atoms with Crippen molar-refractivity contribution in [2.24, 2.45) is 5.92 Å². The predicted octanol–water partition coefficient (Wildman–Crippen LogP) is 7.90. The van der Waals surface area contributed by atoms with Crippen LogP contribution >= 0.6 is 11.3 Å². The molecular weight excluding hydrogens is 452 g/mol. The molecule has 1 N–H and O–H groups in total.